The number of hydrogen-bond acceptors (Lipinski definition) is 13. The number of carbonyl (C=O) groups is 6. The summed E-state index contributed by atoms with van der Waals surface area (Å²) in [4.78, 5) is 80.1. The van der Waals surface area contributed by atoms with Gasteiger partial charge in [0.2, 0.25) is 0 Å². The third kappa shape index (κ3) is 3.69. The fourth-order valence-corrected chi connectivity index (χ4v) is 11.5. The standard InChI is InChI=1S/C34H40O13/c1-15(35)43-22-12-24(45-17(3)37)33-14-42-29(40)30(22,5)21(33)11-23(44-16(2)36)32(7)27(33)26(39)28(46-18(4)38)31(6)20(19-8-9-41-13-19)10-25-34(31,32)47-25/h8-9,13,20-25,27-28H,10-12,14H2,1-7H3/t20-,21-,22+,23+,24-,25+,27-,28-,30+,31+,32+,33+,34+/m0/s1. The van der Waals surface area contributed by atoms with Crippen molar-refractivity contribution in [1.29, 1.82) is 0 Å². The molecule has 2 saturated heterocycles. The van der Waals surface area contributed by atoms with Crippen molar-refractivity contribution in [3.63, 3.8) is 0 Å². The van der Waals surface area contributed by atoms with Gasteiger partial charge >= 0.3 is 29.8 Å². The first-order valence-electron chi connectivity index (χ1n) is 16.1. The number of cyclic esters (lactones) is 1. The van der Waals surface area contributed by atoms with Crippen LogP contribution in [0.15, 0.2) is 23.0 Å². The van der Waals surface area contributed by atoms with E-state index in [1.54, 1.807) is 19.5 Å². The molecule has 13 nitrogen and oxygen atoms in total. The molecule has 4 aliphatic carbocycles. The fraction of sp³-hybridized carbons (Fsp3) is 0.706. The van der Waals surface area contributed by atoms with E-state index < -0.39 is 105 Å². The largest absolute Gasteiger partial charge is 0.472 e. The van der Waals surface area contributed by atoms with Gasteiger partial charge in [0.1, 0.15) is 35.9 Å². The molecule has 13 heteroatoms. The molecule has 13 atom stereocenters. The molecule has 2 aliphatic heterocycles. The average Bonchev–Trinajstić information content (AvgIpc) is 3.33. The Morgan fingerprint density at radius 1 is 0.787 bits per heavy atom. The minimum absolute atomic E-state index is 0.0590. The molecule has 0 radical (unpaired) electrons. The number of hydrogen-bond donors (Lipinski definition) is 0. The highest BCUT2D eigenvalue weighted by atomic mass is 16.6. The molecule has 3 heterocycles. The molecule has 0 N–H and O–H groups in total. The van der Waals surface area contributed by atoms with Gasteiger partial charge in [0.25, 0.3) is 0 Å². The number of rotatable bonds is 5. The maximum atomic E-state index is 15.5. The van der Waals surface area contributed by atoms with Crippen LogP contribution >= 0.6 is 0 Å². The zero-order valence-electron chi connectivity index (χ0n) is 27.5. The van der Waals surface area contributed by atoms with Crippen LogP contribution in [-0.2, 0) is 57.2 Å². The Hall–Kier alpha value is -3.74. The van der Waals surface area contributed by atoms with Gasteiger partial charge in [0.15, 0.2) is 11.9 Å². The number of carbonyl (C=O) groups excluding carboxylic acids is 6. The van der Waals surface area contributed by atoms with E-state index in [9.17, 15) is 24.0 Å². The molecule has 1 aromatic rings. The summed E-state index contributed by atoms with van der Waals surface area (Å²) in [5, 5.41) is 0. The number of Topliss-reactive ketones (excluding diaryl/α,β-unsaturated/α-hetero) is 1. The summed E-state index contributed by atoms with van der Waals surface area (Å²) in [6.45, 7) is 10.0. The van der Waals surface area contributed by atoms with E-state index in [0.717, 1.165) is 5.56 Å². The van der Waals surface area contributed by atoms with Gasteiger partial charge in [-0.15, -0.1) is 0 Å². The van der Waals surface area contributed by atoms with Crippen LogP contribution in [0.1, 0.15) is 79.2 Å². The molecule has 0 amide bonds. The van der Waals surface area contributed by atoms with Crippen molar-refractivity contribution in [3.8, 4) is 0 Å². The van der Waals surface area contributed by atoms with Crippen molar-refractivity contribution in [3.05, 3.63) is 24.2 Å². The Bertz CT molecular complexity index is 1580. The quantitative estimate of drug-likeness (QED) is 0.257. The second kappa shape index (κ2) is 9.90. The lowest BCUT2D eigenvalue weighted by Gasteiger charge is -2.71. The van der Waals surface area contributed by atoms with Gasteiger partial charge in [0, 0.05) is 51.4 Å². The molecular formula is C34H40O13. The average molecular weight is 657 g/mol. The van der Waals surface area contributed by atoms with Crippen LogP contribution in [0.5, 0.6) is 0 Å². The van der Waals surface area contributed by atoms with Gasteiger partial charge in [-0.05, 0) is 37.3 Å². The molecule has 6 aliphatic rings. The van der Waals surface area contributed by atoms with Crippen LogP contribution in [0, 0.1) is 33.5 Å². The maximum absolute atomic E-state index is 15.5. The van der Waals surface area contributed by atoms with Crippen molar-refractivity contribution in [2.45, 2.75) is 110 Å². The smallest absolute Gasteiger partial charge is 0.315 e. The molecule has 2 bridgehead atoms. The Morgan fingerprint density at radius 3 is 2.00 bits per heavy atom. The van der Waals surface area contributed by atoms with E-state index >= 15 is 4.79 Å². The second-order valence-electron chi connectivity index (χ2n) is 14.9. The molecule has 1 spiro atoms. The maximum Gasteiger partial charge on any atom is 0.315 e. The third-order valence-corrected chi connectivity index (χ3v) is 13.0. The topological polar surface area (TPSA) is 174 Å². The van der Waals surface area contributed by atoms with Gasteiger partial charge in [-0.1, -0.05) is 13.8 Å². The first-order valence-corrected chi connectivity index (χ1v) is 16.1. The highest BCUT2D eigenvalue weighted by Crippen LogP contribution is 2.83. The third-order valence-electron chi connectivity index (χ3n) is 13.0. The number of ketones is 1. The number of furan rings is 1. The van der Waals surface area contributed by atoms with E-state index in [0.29, 0.717) is 6.42 Å². The van der Waals surface area contributed by atoms with Crippen LogP contribution in [0.4, 0.5) is 0 Å². The number of epoxide rings is 1. The van der Waals surface area contributed by atoms with Gasteiger partial charge < -0.3 is 32.8 Å². The number of ether oxygens (including phenoxy) is 6. The van der Waals surface area contributed by atoms with Gasteiger partial charge in [0.05, 0.1) is 29.5 Å². The minimum Gasteiger partial charge on any atom is -0.472 e. The highest BCUT2D eigenvalue weighted by molar-refractivity contribution is 5.93. The fourth-order valence-electron chi connectivity index (χ4n) is 11.5. The van der Waals surface area contributed by atoms with Crippen LogP contribution in [0.2, 0.25) is 0 Å². The summed E-state index contributed by atoms with van der Waals surface area (Å²) >= 11 is 0. The molecular weight excluding hydrogens is 616 g/mol. The summed E-state index contributed by atoms with van der Waals surface area (Å²) in [5.41, 5.74) is -5.66. The van der Waals surface area contributed by atoms with E-state index in [2.05, 4.69) is 0 Å². The normalized spacial score (nSPS) is 47.2. The van der Waals surface area contributed by atoms with Gasteiger partial charge in [-0.3, -0.25) is 28.8 Å². The van der Waals surface area contributed by atoms with E-state index in [4.69, 9.17) is 32.8 Å². The van der Waals surface area contributed by atoms with Crippen LogP contribution in [0.25, 0.3) is 0 Å². The van der Waals surface area contributed by atoms with Crippen molar-refractivity contribution in [2.24, 2.45) is 33.5 Å². The van der Waals surface area contributed by atoms with Crippen LogP contribution in [-0.4, -0.2) is 78.4 Å². The molecule has 0 unspecified atom stereocenters. The monoisotopic (exact) mass is 656 g/mol. The second-order valence-corrected chi connectivity index (χ2v) is 14.9. The number of fused-ring (bicyclic) bond motifs is 1. The molecule has 7 rings (SSSR count). The highest BCUT2D eigenvalue weighted by Gasteiger charge is 2.93. The molecule has 1 aromatic heterocycles. The summed E-state index contributed by atoms with van der Waals surface area (Å²) in [7, 11) is 0. The van der Waals surface area contributed by atoms with E-state index in [1.807, 2.05) is 19.9 Å². The molecule has 6 fully saturated rings. The van der Waals surface area contributed by atoms with Crippen molar-refractivity contribution >= 4 is 35.6 Å². The first-order chi connectivity index (χ1) is 22.0. The molecule has 47 heavy (non-hydrogen) atoms. The predicted octanol–water partition coefficient (Wildman–Crippen LogP) is 2.82. The van der Waals surface area contributed by atoms with E-state index in [1.165, 1.54) is 27.7 Å². The summed E-state index contributed by atoms with van der Waals surface area (Å²) < 4.78 is 42.0. The van der Waals surface area contributed by atoms with Crippen molar-refractivity contribution < 1.29 is 61.6 Å². The zero-order valence-corrected chi connectivity index (χ0v) is 27.5. The Morgan fingerprint density at radius 2 is 1.40 bits per heavy atom. The first kappa shape index (κ1) is 31.8. The number of esters is 5. The Balaban J connectivity index is 1.51. The van der Waals surface area contributed by atoms with Crippen LogP contribution in [0.3, 0.4) is 0 Å². The minimum atomic E-state index is -1.51. The van der Waals surface area contributed by atoms with Gasteiger partial charge in [-0.2, -0.15) is 0 Å². The SMILES string of the molecule is CC(=O)O[C@H]1C[C@@H](OC(C)=O)[C@]2(C)C(=O)OC[C@]13[C@H]1C(=O)[C@H](OC(C)=O)[C@@]4(C)[C@H](c5ccoc5)C[C@H]5O[C@]54[C@]1(C)[C@H](OC(C)=O)C[C@@H]23. The predicted molar refractivity (Wildman–Crippen MR) is 155 cm³/mol. The summed E-state index contributed by atoms with van der Waals surface area (Å²) in [6.07, 6.45) is -1.26. The lowest BCUT2D eigenvalue weighted by Crippen LogP contribution is -2.82. The lowest BCUT2D eigenvalue weighted by atomic mass is 9.33. The van der Waals surface area contributed by atoms with Crippen molar-refractivity contribution in [2.75, 3.05) is 6.61 Å². The van der Waals surface area contributed by atoms with Gasteiger partial charge in [-0.25, -0.2) is 0 Å². The van der Waals surface area contributed by atoms with Crippen LogP contribution < -0.4 is 0 Å². The molecule has 254 valence electrons. The zero-order chi connectivity index (χ0) is 34.1. The molecule has 0 aromatic carbocycles. The Kier molecular flexibility index (Phi) is 6.70. The lowest BCUT2D eigenvalue weighted by molar-refractivity contribution is -0.315. The summed E-state index contributed by atoms with van der Waals surface area (Å²) in [6, 6.07) is 1.82. The van der Waals surface area contributed by atoms with E-state index in [-0.39, 0.29) is 25.4 Å². The van der Waals surface area contributed by atoms with Crippen molar-refractivity contribution in [1.82, 2.24) is 0 Å². The Labute approximate surface area is 271 Å². The summed E-state index contributed by atoms with van der Waals surface area (Å²) in [5.74, 6) is -5.98. The molecule has 4 saturated carbocycles.